The van der Waals surface area contributed by atoms with E-state index >= 15 is 0 Å². The van der Waals surface area contributed by atoms with Gasteiger partial charge in [0.2, 0.25) is 5.91 Å². The number of rotatable bonds is 6. The van der Waals surface area contributed by atoms with Crippen molar-refractivity contribution in [3.8, 4) is 6.07 Å². The summed E-state index contributed by atoms with van der Waals surface area (Å²) in [6, 6.07) is 9.79. The number of hydrogen-bond acceptors (Lipinski definition) is 4. The zero-order valence-corrected chi connectivity index (χ0v) is 16.6. The van der Waals surface area contributed by atoms with Crippen LogP contribution in [0.4, 0.5) is 0 Å². The molecule has 0 aromatic heterocycles. The molecule has 140 valence electrons. The first kappa shape index (κ1) is 20.5. The van der Waals surface area contributed by atoms with Crippen LogP contribution in [-0.2, 0) is 14.1 Å². The normalized spacial score (nSPS) is 19.2. The summed E-state index contributed by atoms with van der Waals surface area (Å²) in [6.45, 7) is 12.3. The van der Waals surface area contributed by atoms with E-state index in [0.29, 0.717) is 12.3 Å². The lowest BCUT2D eigenvalue weighted by Gasteiger charge is -2.32. The zero-order valence-electron chi connectivity index (χ0n) is 16.6. The molecule has 1 aromatic rings. The molecule has 1 amide bonds. The Labute approximate surface area is 157 Å². The van der Waals surface area contributed by atoms with E-state index in [0.717, 1.165) is 11.0 Å². The minimum Gasteiger partial charge on any atom is -0.399 e. The van der Waals surface area contributed by atoms with Crippen molar-refractivity contribution in [1.82, 2.24) is 5.32 Å². The lowest BCUT2D eigenvalue weighted by Crippen LogP contribution is -2.41. The maximum Gasteiger partial charge on any atom is 0.494 e. The van der Waals surface area contributed by atoms with Gasteiger partial charge < -0.3 is 14.6 Å². The molecule has 1 saturated heterocycles. The molecule has 1 aliphatic heterocycles. The Kier molecular flexibility index (Phi) is 6.15. The van der Waals surface area contributed by atoms with Crippen LogP contribution in [0.3, 0.4) is 0 Å². The topological polar surface area (TPSA) is 71.4 Å². The molecule has 1 aliphatic rings. The first-order valence-electron chi connectivity index (χ1n) is 9.17. The van der Waals surface area contributed by atoms with Gasteiger partial charge in [0, 0.05) is 0 Å². The maximum atomic E-state index is 12.6. The first-order chi connectivity index (χ1) is 12.1. The highest BCUT2D eigenvalue weighted by Crippen LogP contribution is 2.36. The van der Waals surface area contributed by atoms with E-state index in [-0.39, 0.29) is 18.4 Å². The quantitative estimate of drug-likeness (QED) is 0.629. The summed E-state index contributed by atoms with van der Waals surface area (Å²) in [5.41, 5.74) is 1.01. The first-order valence-corrected chi connectivity index (χ1v) is 9.17. The van der Waals surface area contributed by atoms with Crippen LogP contribution >= 0.6 is 0 Å². The fourth-order valence-electron chi connectivity index (χ4n) is 3.02. The number of benzene rings is 1. The van der Waals surface area contributed by atoms with E-state index in [4.69, 9.17) is 14.6 Å². The summed E-state index contributed by atoms with van der Waals surface area (Å²) in [6.07, 6.45) is 0.712. The lowest BCUT2D eigenvalue weighted by molar-refractivity contribution is -0.122. The molecule has 0 radical (unpaired) electrons. The van der Waals surface area contributed by atoms with Crippen LogP contribution in [0.5, 0.6) is 0 Å². The largest absolute Gasteiger partial charge is 0.494 e. The van der Waals surface area contributed by atoms with Crippen molar-refractivity contribution in [3.05, 3.63) is 29.8 Å². The van der Waals surface area contributed by atoms with E-state index in [1.54, 1.807) is 0 Å². The van der Waals surface area contributed by atoms with Crippen molar-refractivity contribution in [2.45, 2.75) is 65.1 Å². The molecule has 0 unspecified atom stereocenters. The van der Waals surface area contributed by atoms with Gasteiger partial charge in [-0.15, -0.1) is 0 Å². The Morgan fingerprint density at radius 3 is 2.38 bits per heavy atom. The highest BCUT2D eigenvalue weighted by Gasteiger charge is 2.51. The standard InChI is InChI=1S/C20H29BN2O3/c1-14(2)12-17(18(24)23-11-10-22)15-8-7-9-16(13-15)21-25-19(3,4)20(5,6)26-21/h7-9,13-14,17H,11-12H2,1-6H3,(H,23,24)/t17-/m0/s1. The molecular weight excluding hydrogens is 327 g/mol. The molecule has 1 aromatic carbocycles. The van der Waals surface area contributed by atoms with Crippen molar-refractivity contribution < 1.29 is 14.1 Å². The second-order valence-corrected chi connectivity index (χ2v) is 8.32. The molecule has 1 atom stereocenters. The highest BCUT2D eigenvalue weighted by atomic mass is 16.7. The van der Waals surface area contributed by atoms with Gasteiger partial charge in [-0.2, -0.15) is 5.26 Å². The number of nitriles is 1. The van der Waals surface area contributed by atoms with Crippen LogP contribution in [0.2, 0.25) is 0 Å². The SMILES string of the molecule is CC(C)C[C@H](C(=O)NCC#N)c1cccc(B2OC(C)(C)C(C)(C)O2)c1. The van der Waals surface area contributed by atoms with Gasteiger partial charge in [0.1, 0.15) is 6.54 Å². The van der Waals surface area contributed by atoms with Crippen molar-refractivity contribution in [2.24, 2.45) is 5.92 Å². The van der Waals surface area contributed by atoms with Gasteiger partial charge in [-0.1, -0.05) is 38.1 Å². The third kappa shape index (κ3) is 4.46. The maximum absolute atomic E-state index is 12.6. The Morgan fingerprint density at radius 2 is 1.85 bits per heavy atom. The van der Waals surface area contributed by atoms with Crippen LogP contribution in [-0.4, -0.2) is 30.8 Å². The molecule has 1 heterocycles. The Bertz CT molecular complexity index is 679. The molecule has 1 N–H and O–H groups in total. The average Bonchev–Trinajstić information content (AvgIpc) is 2.78. The molecule has 6 heteroatoms. The zero-order chi connectivity index (χ0) is 19.5. The fourth-order valence-corrected chi connectivity index (χ4v) is 3.02. The molecule has 1 fully saturated rings. The van der Waals surface area contributed by atoms with Gasteiger partial charge >= 0.3 is 7.12 Å². The van der Waals surface area contributed by atoms with E-state index < -0.39 is 18.3 Å². The summed E-state index contributed by atoms with van der Waals surface area (Å²) < 4.78 is 12.3. The van der Waals surface area contributed by atoms with Crippen LogP contribution in [0, 0.1) is 17.2 Å². The highest BCUT2D eigenvalue weighted by molar-refractivity contribution is 6.62. The number of carbonyl (C=O) groups excluding carboxylic acids is 1. The number of nitrogens with zero attached hydrogens (tertiary/aromatic N) is 1. The Balaban J connectivity index is 2.28. The summed E-state index contributed by atoms with van der Waals surface area (Å²) >= 11 is 0. The van der Waals surface area contributed by atoms with Gasteiger partial charge in [-0.3, -0.25) is 4.79 Å². The molecule has 2 rings (SSSR count). The van der Waals surface area contributed by atoms with Crippen molar-refractivity contribution in [2.75, 3.05) is 6.54 Å². The second kappa shape index (κ2) is 7.81. The summed E-state index contributed by atoms with van der Waals surface area (Å²) in [7, 11) is -0.457. The minimum absolute atomic E-state index is 0.0182. The van der Waals surface area contributed by atoms with E-state index in [1.165, 1.54) is 0 Å². The molecule has 0 saturated carbocycles. The summed E-state index contributed by atoms with van der Waals surface area (Å²) in [5, 5.41) is 11.4. The van der Waals surface area contributed by atoms with Gasteiger partial charge in [0.25, 0.3) is 0 Å². The molecule has 26 heavy (non-hydrogen) atoms. The number of carbonyl (C=O) groups is 1. The molecule has 5 nitrogen and oxygen atoms in total. The third-order valence-corrected chi connectivity index (χ3v) is 5.20. The predicted molar refractivity (Wildman–Crippen MR) is 103 cm³/mol. The molecule has 0 spiro atoms. The van der Waals surface area contributed by atoms with E-state index in [2.05, 4.69) is 19.2 Å². The van der Waals surface area contributed by atoms with Crippen LogP contribution < -0.4 is 10.8 Å². The van der Waals surface area contributed by atoms with Gasteiger partial charge in [0.15, 0.2) is 0 Å². The Morgan fingerprint density at radius 1 is 1.23 bits per heavy atom. The smallest absolute Gasteiger partial charge is 0.399 e. The monoisotopic (exact) mass is 356 g/mol. The van der Waals surface area contributed by atoms with Crippen molar-refractivity contribution >= 4 is 18.5 Å². The Hall–Kier alpha value is -1.84. The number of amides is 1. The summed E-state index contributed by atoms with van der Waals surface area (Å²) in [4.78, 5) is 12.6. The summed E-state index contributed by atoms with van der Waals surface area (Å²) in [5.74, 6) is -0.0645. The third-order valence-electron chi connectivity index (χ3n) is 5.20. The van der Waals surface area contributed by atoms with Crippen LogP contribution in [0.25, 0.3) is 0 Å². The molecule has 0 bridgehead atoms. The number of nitrogens with one attached hydrogen (secondary N) is 1. The fraction of sp³-hybridized carbons (Fsp3) is 0.600. The minimum atomic E-state index is -0.457. The second-order valence-electron chi connectivity index (χ2n) is 8.32. The predicted octanol–water partition coefficient (Wildman–Crippen LogP) is 2.76. The number of hydrogen-bond donors (Lipinski definition) is 1. The van der Waals surface area contributed by atoms with E-state index in [1.807, 2.05) is 58.0 Å². The van der Waals surface area contributed by atoms with Gasteiger partial charge in [0.05, 0.1) is 23.2 Å². The van der Waals surface area contributed by atoms with Crippen LogP contribution in [0.15, 0.2) is 24.3 Å². The molecule has 0 aliphatic carbocycles. The van der Waals surface area contributed by atoms with Crippen LogP contribution in [0.1, 0.15) is 59.4 Å². The van der Waals surface area contributed by atoms with Gasteiger partial charge in [-0.05, 0) is 51.1 Å². The van der Waals surface area contributed by atoms with Crippen molar-refractivity contribution in [1.29, 1.82) is 5.26 Å². The molecular formula is C20H29BN2O3. The van der Waals surface area contributed by atoms with Gasteiger partial charge in [-0.25, -0.2) is 0 Å². The lowest BCUT2D eigenvalue weighted by atomic mass is 9.76. The van der Waals surface area contributed by atoms with E-state index in [9.17, 15) is 4.79 Å². The van der Waals surface area contributed by atoms with Crippen molar-refractivity contribution in [3.63, 3.8) is 0 Å². The average molecular weight is 356 g/mol.